The van der Waals surface area contributed by atoms with Crippen molar-refractivity contribution in [2.45, 2.75) is 6.92 Å². The van der Waals surface area contributed by atoms with Gasteiger partial charge in [0.1, 0.15) is 11.4 Å². The Bertz CT molecular complexity index is 274. The van der Waals surface area contributed by atoms with Gasteiger partial charge in [0.25, 0.3) is 0 Å². The molecule has 58 valence electrons. The molecule has 4 heteroatoms. The van der Waals surface area contributed by atoms with Crippen LogP contribution in [0.3, 0.4) is 0 Å². The average Bonchev–Trinajstić information content (AvgIpc) is 2.04. The number of hydrogen-bond donors (Lipinski definition) is 0. The zero-order valence-electron chi connectivity index (χ0n) is 5.88. The van der Waals surface area contributed by atoms with E-state index in [2.05, 4.69) is 9.02 Å². The van der Waals surface area contributed by atoms with Crippen molar-refractivity contribution in [1.29, 1.82) is 0 Å². The van der Waals surface area contributed by atoms with Gasteiger partial charge >= 0.3 is 0 Å². The molecule has 0 unspecified atom stereocenters. The fraction of sp³-hybridized carbons (Fsp3) is 0.143. The molecule has 0 radical (unpaired) electrons. The van der Waals surface area contributed by atoms with Crippen molar-refractivity contribution in [2.75, 3.05) is 0 Å². The molecule has 0 atom stereocenters. The third kappa shape index (κ3) is 1.91. The van der Waals surface area contributed by atoms with Crippen molar-refractivity contribution in [3.63, 3.8) is 0 Å². The maximum Gasteiger partial charge on any atom is 0.105 e. The third-order valence-electron chi connectivity index (χ3n) is 1.31. The van der Waals surface area contributed by atoms with Crippen LogP contribution in [0.4, 0.5) is 0 Å². The quantitative estimate of drug-likeness (QED) is 0.523. The predicted molar refractivity (Wildman–Crippen MR) is 49.5 cm³/mol. The van der Waals surface area contributed by atoms with Crippen molar-refractivity contribution >= 4 is 35.0 Å². The summed E-state index contributed by atoms with van der Waals surface area (Å²) in [4.78, 5) is 0. The summed E-state index contributed by atoms with van der Waals surface area (Å²) < 4.78 is 6.97. The first-order chi connectivity index (χ1) is 5.27. The second-order valence-electron chi connectivity index (χ2n) is 2.16. The highest BCUT2D eigenvalue weighted by Crippen LogP contribution is 2.07. The maximum atomic E-state index is 5.29. The van der Waals surface area contributed by atoms with Crippen molar-refractivity contribution in [3.8, 4) is 0 Å². The van der Waals surface area contributed by atoms with E-state index in [9.17, 15) is 0 Å². The molecule has 11 heavy (non-hydrogen) atoms. The minimum atomic E-state index is 0.590. The van der Waals surface area contributed by atoms with Gasteiger partial charge in [-0.2, -0.15) is 9.02 Å². The molecule has 0 aliphatic heterocycles. The van der Waals surface area contributed by atoms with Gasteiger partial charge in [-0.05, 0) is 24.6 Å². The minimum absolute atomic E-state index is 0.590. The number of nitrogens with zero attached hydrogens (tertiary/aromatic N) is 2. The smallest absolute Gasteiger partial charge is 0.105 e. The van der Waals surface area contributed by atoms with Crippen LogP contribution in [-0.4, -0.2) is 11.4 Å². The zero-order valence-corrected chi connectivity index (χ0v) is 7.39. The first-order valence-electron chi connectivity index (χ1n) is 3.02. The highest BCUT2D eigenvalue weighted by Gasteiger charge is 2.06. The van der Waals surface area contributed by atoms with E-state index >= 15 is 0 Å². The first kappa shape index (κ1) is 8.50. The summed E-state index contributed by atoms with van der Waals surface area (Å²) in [5.74, 6) is 0. The van der Waals surface area contributed by atoms with Gasteiger partial charge in [0.2, 0.25) is 0 Å². The van der Waals surface area contributed by atoms with Gasteiger partial charge < -0.3 is 0 Å². The van der Waals surface area contributed by atoms with Gasteiger partial charge in [-0.15, -0.1) is 0 Å². The molecule has 1 rings (SSSR count). The van der Waals surface area contributed by atoms with Crippen LogP contribution < -0.4 is 0 Å². The lowest BCUT2D eigenvalue weighted by Gasteiger charge is -2.03. The second kappa shape index (κ2) is 3.69. The Morgan fingerprint density at radius 1 is 1.09 bits per heavy atom. The van der Waals surface area contributed by atoms with Gasteiger partial charge in [0.15, 0.2) is 0 Å². The highest BCUT2D eigenvalue weighted by atomic mass is 35.5. The Labute approximate surface area is 75.2 Å². The molecular weight excluding hydrogens is 183 g/mol. The summed E-state index contributed by atoms with van der Waals surface area (Å²) in [7, 11) is 0. The van der Waals surface area contributed by atoms with E-state index in [1.165, 1.54) is 0 Å². The van der Waals surface area contributed by atoms with Gasteiger partial charge in [0, 0.05) is 23.6 Å². The van der Waals surface area contributed by atoms with Crippen molar-refractivity contribution in [3.05, 3.63) is 23.8 Å². The number of hydrogen-bond acceptors (Lipinski definition) is 2. The number of allylic oxidation sites excluding steroid dienone is 4. The highest BCUT2D eigenvalue weighted by molar-refractivity contribution is 6.56. The lowest BCUT2D eigenvalue weighted by Crippen LogP contribution is -2.10. The molecule has 0 aromatic heterocycles. The fourth-order valence-electron chi connectivity index (χ4n) is 0.773. The Morgan fingerprint density at radius 3 is 2.27 bits per heavy atom. The largest absolute Gasteiger partial charge is 0.176 e. The molecule has 0 aromatic carbocycles. The standard InChI is InChI=1S/C7H6Cl2N2/c1-5-2-3-6(10-8)7(4-5)11-9/h2-4H,1H3. The Balaban J connectivity index is 3.03. The van der Waals surface area contributed by atoms with Crippen LogP contribution in [-0.2, 0) is 0 Å². The molecule has 0 bridgehead atoms. The van der Waals surface area contributed by atoms with Gasteiger partial charge in [-0.3, -0.25) is 0 Å². The molecule has 0 amide bonds. The van der Waals surface area contributed by atoms with Crippen LogP contribution in [0.25, 0.3) is 0 Å². The molecule has 1 aliphatic rings. The topological polar surface area (TPSA) is 24.7 Å². The van der Waals surface area contributed by atoms with E-state index in [-0.39, 0.29) is 0 Å². The predicted octanol–water partition coefficient (Wildman–Crippen LogP) is 2.69. The van der Waals surface area contributed by atoms with E-state index in [0.717, 1.165) is 5.57 Å². The summed E-state index contributed by atoms with van der Waals surface area (Å²) in [6.07, 6.45) is 5.48. The Morgan fingerprint density at radius 2 is 1.73 bits per heavy atom. The monoisotopic (exact) mass is 188 g/mol. The molecule has 2 nitrogen and oxygen atoms in total. The van der Waals surface area contributed by atoms with Gasteiger partial charge in [0.05, 0.1) is 0 Å². The first-order valence-corrected chi connectivity index (χ1v) is 3.70. The summed E-state index contributed by atoms with van der Waals surface area (Å²) in [5, 5.41) is 0. The zero-order chi connectivity index (χ0) is 8.27. The third-order valence-corrected chi connectivity index (χ3v) is 1.68. The molecule has 0 heterocycles. The molecule has 0 saturated carbocycles. The maximum absolute atomic E-state index is 5.29. The summed E-state index contributed by atoms with van der Waals surface area (Å²) in [6, 6.07) is 0. The van der Waals surface area contributed by atoms with Crippen LogP contribution in [0.1, 0.15) is 6.92 Å². The van der Waals surface area contributed by atoms with Crippen molar-refractivity contribution in [1.82, 2.24) is 0 Å². The van der Waals surface area contributed by atoms with E-state index < -0.39 is 0 Å². The van der Waals surface area contributed by atoms with Crippen molar-refractivity contribution < 1.29 is 0 Å². The molecule has 0 saturated heterocycles. The van der Waals surface area contributed by atoms with Gasteiger partial charge in [-0.1, -0.05) is 6.08 Å². The molecular formula is C7H6Cl2N2. The lowest BCUT2D eigenvalue weighted by molar-refractivity contribution is 1.53. The van der Waals surface area contributed by atoms with Crippen LogP contribution in [0.5, 0.6) is 0 Å². The molecule has 0 fully saturated rings. The van der Waals surface area contributed by atoms with E-state index in [4.69, 9.17) is 23.6 Å². The number of rotatable bonds is 0. The molecule has 0 N–H and O–H groups in total. The average molecular weight is 189 g/mol. The van der Waals surface area contributed by atoms with E-state index in [0.29, 0.717) is 11.4 Å². The van der Waals surface area contributed by atoms with E-state index in [1.807, 2.05) is 19.1 Å². The second-order valence-corrected chi connectivity index (χ2v) is 2.50. The van der Waals surface area contributed by atoms with Crippen LogP contribution in [0.2, 0.25) is 0 Å². The molecule has 0 spiro atoms. The van der Waals surface area contributed by atoms with Crippen LogP contribution in [0, 0.1) is 0 Å². The minimum Gasteiger partial charge on any atom is -0.176 e. The Kier molecular flexibility index (Phi) is 2.85. The molecule has 0 aromatic rings. The van der Waals surface area contributed by atoms with Crippen molar-refractivity contribution in [2.24, 2.45) is 9.02 Å². The molecule has 1 aliphatic carbocycles. The fourth-order valence-corrected chi connectivity index (χ4v) is 1.05. The van der Waals surface area contributed by atoms with E-state index in [1.54, 1.807) is 6.08 Å². The summed E-state index contributed by atoms with van der Waals surface area (Å²) in [5.41, 5.74) is 2.27. The number of halogens is 2. The Hall–Kier alpha value is -0.600. The van der Waals surface area contributed by atoms with Gasteiger partial charge in [-0.25, -0.2) is 0 Å². The van der Waals surface area contributed by atoms with Crippen LogP contribution >= 0.6 is 23.6 Å². The summed E-state index contributed by atoms with van der Waals surface area (Å²) in [6.45, 7) is 1.95. The lowest BCUT2D eigenvalue weighted by atomic mass is 10.1. The SMILES string of the molecule is CC1=CC(=NCl)C(=NCl)C=C1. The summed E-state index contributed by atoms with van der Waals surface area (Å²) >= 11 is 10.6. The van der Waals surface area contributed by atoms with Crippen LogP contribution in [0.15, 0.2) is 32.8 Å². The normalized spacial score (nSPS) is 24.5.